The maximum Gasteiger partial charge on any atom is 0.283 e. The third kappa shape index (κ3) is 4.40. The number of primary amides is 1. The van der Waals surface area contributed by atoms with Crippen LogP contribution in [-0.2, 0) is 4.79 Å². The Morgan fingerprint density at radius 2 is 1.79 bits per heavy atom. The molecule has 0 atom stereocenters. The molecule has 0 radical (unpaired) electrons. The largest absolute Gasteiger partial charge is 0.371 e. The van der Waals surface area contributed by atoms with E-state index in [1.807, 2.05) is 12.1 Å². The fourth-order valence-corrected chi connectivity index (χ4v) is 3.39. The van der Waals surface area contributed by atoms with Crippen molar-refractivity contribution in [3.8, 4) is 0 Å². The molecule has 1 fully saturated rings. The van der Waals surface area contributed by atoms with Crippen LogP contribution in [0.15, 0.2) is 42.5 Å². The number of nitrogens with one attached hydrogen (secondary N) is 1. The molecule has 1 aliphatic rings. The van der Waals surface area contributed by atoms with E-state index < -0.39 is 10.8 Å². The number of piperidine rings is 1. The molecule has 28 heavy (non-hydrogen) atoms. The van der Waals surface area contributed by atoms with Gasteiger partial charge in [0.05, 0.1) is 4.92 Å². The highest BCUT2D eigenvalue weighted by atomic mass is 35.5. The standard InChI is InChI=1S/C19H19ClN4O4/c20-13-1-6-16(17(11-13)24(27)28)19(26)22-14-2-4-15(5-3-14)23-9-7-12(8-10-23)18(21)25/h1-6,11-12H,7-10H2,(H2,21,25)(H,22,26). The first-order valence-corrected chi connectivity index (χ1v) is 9.12. The summed E-state index contributed by atoms with van der Waals surface area (Å²) in [6.45, 7) is 1.46. The Kier molecular flexibility index (Phi) is 5.79. The number of carbonyl (C=O) groups excluding carboxylic acids is 2. The minimum atomic E-state index is -0.639. The number of nitro benzene ring substituents is 1. The van der Waals surface area contributed by atoms with Crippen molar-refractivity contribution in [3.05, 3.63) is 63.2 Å². The highest BCUT2D eigenvalue weighted by molar-refractivity contribution is 6.31. The summed E-state index contributed by atoms with van der Waals surface area (Å²) in [4.78, 5) is 36.3. The fourth-order valence-electron chi connectivity index (χ4n) is 3.22. The molecule has 3 rings (SSSR count). The molecule has 2 aromatic rings. The number of halogens is 1. The molecule has 8 nitrogen and oxygen atoms in total. The average Bonchev–Trinajstić information content (AvgIpc) is 2.68. The summed E-state index contributed by atoms with van der Waals surface area (Å²) in [5, 5.41) is 14.0. The van der Waals surface area contributed by atoms with Crippen LogP contribution in [0.25, 0.3) is 0 Å². The molecule has 2 aromatic carbocycles. The van der Waals surface area contributed by atoms with E-state index in [1.165, 1.54) is 12.1 Å². The quantitative estimate of drug-likeness (QED) is 0.588. The average molecular weight is 403 g/mol. The molecule has 0 spiro atoms. The predicted octanol–water partition coefficient (Wildman–Crippen LogP) is 3.20. The van der Waals surface area contributed by atoms with Gasteiger partial charge in [0.25, 0.3) is 11.6 Å². The summed E-state index contributed by atoms with van der Waals surface area (Å²) in [6.07, 6.45) is 1.43. The van der Waals surface area contributed by atoms with Crippen molar-refractivity contribution < 1.29 is 14.5 Å². The molecule has 1 saturated heterocycles. The minimum absolute atomic E-state index is 0.0630. The first kappa shape index (κ1) is 19.6. The van der Waals surface area contributed by atoms with Crippen LogP contribution in [0.1, 0.15) is 23.2 Å². The van der Waals surface area contributed by atoms with Gasteiger partial charge in [0.15, 0.2) is 0 Å². The Bertz CT molecular complexity index is 909. The normalized spacial score (nSPS) is 14.5. The summed E-state index contributed by atoms with van der Waals surface area (Å²) in [5.74, 6) is -0.919. The number of nitrogens with zero attached hydrogens (tertiary/aromatic N) is 2. The molecule has 0 unspecified atom stereocenters. The van der Waals surface area contributed by atoms with E-state index in [2.05, 4.69) is 10.2 Å². The molecule has 2 amide bonds. The molecule has 0 aliphatic carbocycles. The lowest BCUT2D eigenvalue weighted by Crippen LogP contribution is -2.38. The lowest BCUT2D eigenvalue weighted by molar-refractivity contribution is -0.385. The molecular weight excluding hydrogens is 384 g/mol. The van der Waals surface area contributed by atoms with Gasteiger partial charge in [-0.2, -0.15) is 0 Å². The first-order valence-electron chi connectivity index (χ1n) is 8.75. The van der Waals surface area contributed by atoms with Gasteiger partial charge in [0.2, 0.25) is 5.91 Å². The number of benzene rings is 2. The van der Waals surface area contributed by atoms with E-state index in [0.717, 1.165) is 24.8 Å². The Morgan fingerprint density at radius 1 is 1.14 bits per heavy atom. The van der Waals surface area contributed by atoms with E-state index in [9.17, 15) is 19.7 Å². The molecule has 0 saturated carbocycles. The maximum atomic E-state index is 12.4. The van der Waals surface area contributed by atoms with Gasteiger partial charge in [0.1, 0.15) is 5.56 Å². The van der Waals surface area contributed by atoms with Crippen LogP contribution in [-0.4, -0.2) is 29.8 Å². The van der Waals surface area contributed by atoms with Crippen LogP contribution >= 0.6 is 11.6 Å². The van der Waals surface area contributed by atoms with Gasteiger partial charge >= 0.3 is 0 Å². The summed E-state index contributed by atoms with van der Waals surface area (Å²) >= 11 is 5.78. The van der Waals surface area contributed by atoms with Crippen LogP contribution in [0, 0.1) is 16.0 Å². The van der Waals surface area contributed by atoms with Crippen molar-refractivity contribution >= 4 is 40.5 Å². The molecule has 146 valence electrons. The monoisotopic (exact) mass is 402 g/mol. The second-order valence-corrected chi connectivity index (χ2v) is 7.02. The van der Waals surface area contributed by atoms with Gasteiger partial charge in [0, 0.05) is 41.5 Å². The third-order valence-electron chi connectivity index (χ3n) is 4.79. The number of hydrogen-bond acceptors (Lipinski definition) is 5. The zero-order valence-electron chi connectivity index (χ0n) is 14.9. The van der Waals surface area contributed by atoms with Crippen molar-refractivity contribution in [3.63, 3.8) is 0 Å². The minimum Gasteiger partial charge on any atom is -0.371 e. The van der Waals surface area contributed by atoms with E-state index in [1.54, 1.807) is 12.1 Å². The fraction of sp³-hybridized carbons (Fsp3) is 0.263. The third-order valence-corrected chi connectivity index (χ3v) is 5.02. The molecule has 3 N–H and O–H groups in total. The summed E-state index contributed by atoms with van der Waals surface area (Å²) in [5.41, 5.74) is 6.43. The number of anilines is 2. The van der Waals surface area contributed by atoms with E-state index in [4.69, 9.17) is 17.3 Å². The lowest BCUT2D eigenvalue weighted by Gasteiger charge is -2.32. The number of nitrogens with two attached hydrogens (primary N) is 1. The van der Waals surface area contributed by atoms with Crippen molar-refractivity contribution in [2.45, 2.75) is 12.8 Å². The second-order valence-electron chi connectivity index (χ2n) is 6.58. The van der Waals surface area contributed by atoms with Crippen LogP contribution in [0.5, 0.6) is 0 Å². The van der Waals surface area contributed by atoms with Gasteiger partial charge in [-0.05, 0) is 49.2 Å². The molecule has 0 aromatic heterocycles. The Morgan fingerprint density at radius 3 is 2.36 bits per heavy atom. The van der Waals surface area contributed by atoms with Crippen molar-refractivity contribution in [2.75, 3.05) is 23.3 Å². The second kappa shape index (κ2) is 8.26. The van der Waals surface area contributed by atoms with Crippen molar-refractivity contribution in [2.24, 2.45) is 11.7 Å². The Hall–Kier alpha value is -3.13. The molecule has 0 bridgehead atoms. The van der Waals surface area contributed by atoms with E-state index >= 15 is 0 Å². The van der Waals surface area contributed by atoms with Gasteiger partial charge < -0.3 is 16.0 Å². The van der Waals surface area contributed by atoms with Gasteiger partial charge in [-0.25, -0.2) is 0 Å². The van der Waals surface area contributed by atoms with Gasteiger partial charge in [-0.1, -0.05) is 11.6 Å². The van der Waals surface area contributed by atoms with Gasteiger partial charge in [-0.3, -0.25) is 19.7 Å². The number of amides is 2. The Labute approximate surface area is 166 Å². The topological polar surface area (TPSA) is 119 Å². The van der Waals surface area contributed by atoms with Gasteiger partial charge in [-0.15, -0.1) is 0 Å². The van der Waals surface area contributed by atoms with Crippen LogP contribution < -0.4 is 16.0 Å². The van der Waals surface area contributed by atoms with Crippen LogP contribution in [0.2, 0.25) is 5.02 Å². The Balaban J connectivity index is 1.67. The highest BCUT2D eigenvalue weighted by Gasteiger charge is 2.23. The molecule has 1 aliphatic heterocycles. The molecular formula is C19H19ClN4O4. The summed E-state index contributed by atoms with van der Waals surface area (Å²) in [7, 11) is 0. The lowest BCUT2D eigenvalue weighted by atomic mass is 9.96. The van der Waals surface area contributed by atoms with E-state index in [0.29, 0.717) is 18.5 Å². The van der Waals surface area contributed by atoms with Crippen LogP contribution in [0.3, 0.4) is 0 Å². The number of nitro groups is 1. The SMILES string of the molecule is NC(=O)C1CCN(c2ccc(NC(=O)c3ccc(Cl)cc3[N+](=O)[O-])cc2)CC1. The van der Waals surface area contributed by atoms with Crippen molar-refractivity contribution in [1.29, 1.82) is 0 Å². The van der Waals surface area contributed by atoms with Crippen LogP contribution in [0.4, 0.5) is 17.1 Å². The maximum absolute atomic E-state index is 12.4. The smallest absolute Gasteiger partial charge is 0.283 e. The summed E-state index contributed by atoms with van der Waals surface area (Å²) < 4.78 is 0. The zero-order chi connectivity index (χ0) is 20.3. The van der Waals surface area contributed by atoms with Crippen molar-refractivity contribution in [1.82, 2.24) is 0 Å². The number of carbonyl (C=O) groups is 2. The predicted molar refractivity (Wildman–Crippen MR) is 107 cm³/mol. The number of rotatable bonds is 5. The summed E-state index contributed by atoms with van der Waals surface area (Å²) in [6, 6.07) is 11.1. The molecule has 9 heteroatoms. The first-order chi connectivity index (χ1) is 13.3. The highest BCUT2D eigenvalue weighted by Crippen LogP contribution is 2.26. The number of hydrogen-bond donors (Lipinski definition) is 2. The van der Waals surface area contributed by atoms with E-state index in [-0.39, 0.29) is 28.1 Å². The molecule has 1 heterocycles. The zero-order valence-corrected chi connectivity index (χ0v) is 15.7.